The van der Waals surface area contributed by atoms with Gasteiger partial charge in [-0.2, -0.15) is 0 Å². The number of ether oxygens (including phenoxy) is 1. The van der Waals surface area contributed by atoms with E-state index in [0.29, 0.717) is 17.4 Å². The molecular weight excluding hydrogens is 242 g/mol. The lowest BCUT2D eigenvalue weighted by molar-refractivity contribution is -0.0542. The average Bonchev–Trinajstić information content (AvgIpc) is 2.85. The number of hydrogen-bond acceptors (Lipinski definition) is 5. The first-order valence-corrected chi connectivity index (χ1v) is 6.85. The summed E-state index contributed by atoms with van der Waals surface area (Å²) in [6, 6.07) is 0.578. The van der Waals surface area contributed by atoms with Gasteiger partial charge in [0.05, 0.1) is 17.9 Å². The monoisotopic (exact) mass is 261 g/mol. The number of aryl methyl sites for hydroxylation is 1. The van der Waals surface area contributed by atoms with E-state index in [4.69, 9.17) is 4.74 Å². The second-order valence-corrected chi connectivity index (χ2v) is 5.40. The molecule has 0 aromatic carbocycles. The molecule has 102 valence electrons. The minimum absolute atomic E-state index is 0.00761. The van der Waals surface area contributed by atoms with Crippen LogP contribution in [0.5, 0.6) is 0 Å². The molecule has 2 unspecified atom stereocenters. The molecule has 2 aliphatic heterocycles. The molecule has 0 N–H and O–H groups in total. The van der Waals surface area contributed by atoms with Crippen molar-refractivity contribution in [2.24, 2.45) is 0 Å². The van der Waals surface area contributed by atoms with Gasteiger partial charge in [0.1, 0.15) is 6.10 Å². The maximum Gasteiger partial charge on any atom is 0.163 e. The van der Waals surface area contributed by atoms with Crippen molar-refractivity contribution in [3.05, 3.63) is 23.3 Å². The van der Waals surface area contributed by atoms with Crippen LogP contribution in [0.1, 0.15) is 47.7 Å². The highest BCUT2D eigenvalue weighted by atomic mass is 16.5. The molecule has 5 nitrogen and oxygen atoms in total. The third-order valence-electron chi connectivity index (χ3n) is 4.05. The molecule has 0 spiro atoms. The maximum absolute atomic E-state index is 11.4. The molecule has 2 aliphatic rings. The molecule has 3 heterocycles. The Balaban J connectivity index is 1.79. The zero-order chi connectivity index (χ0) is 13.4. The number of nitrogens with zero attached hydrogens (tertiary/aromatic N) is 3. The molecule has 0 bridgehead atoms. The number of carbonyl (C=O) groups excluding carboxylic acids is 1. The summed E-state index contributed by atoms with van der Waals surface area (Å²) < 4.78 is 5.88. The second kappa shape index (κ2) is 4.98. The summed E-state index contributed by atoms with van der Waals surface area (Å²) in [4.78, 5) is 22.6. The van der Waals surface area contributed by atoms with E-state index < -0.39 is 0 Å². The van der Waals surface area contributed by atoms with Gasteiger partial charge in [-0.25, -0.2) is 9.97 Å². The Kier molecular flexibility index (Phi) is 3.33. The Hall–Kier alpha value is -1.33. The molecule has 5 heteroatoms. The van der Waals surface area contributed by atoms with Crippen molar-refractivity contribution in [2.45, 2.75) is 38.8 Å². The van der Waals surface area contributed by atoms with Crippen LogP contribution >= 0.6 is 0 Å². The minimum Gasteiger partial charge on any atom is -0.367 e. The van der Waals surface area contributed by atoms with E-state index in [-0.39, 0.29) is 11.9 Å². The van der Waals surface area contributed by atoms with E-state index in [2.05, 4.69) is 14.9 Å². The summed E-state index contributed by atoms with van der Waals surface area (Å²) in [5, 5.41) is 0. The van der Waals surface area contributed by atoms with Gasteiger partial charge in [0, 0.05) is 18.8 Å². The van der Waals surface area contributed by atoms with Crippen LogP contribution in [0, 0.1) is 6.92 Å². The molecule has 1 aromatic heterocycles. The normalized spacial score (nSPS) is 27.3. The first-order valence-electron chi connectivity index (χ1n) is 6.85. The molecule has 1 aromatic rings. The van der Waals surface area contributed by atoms with Crippen molar-refractivity contribution < 1.29 is 9.53 Å². The highest BCUT2D eigenvalue weighted by molar-refractivity contribution is 5.94. The van der Waals surface area contributed by atoms with Gasteiger partial charge in [0.15, 0.2) is 11.6 Å². The summed E-state index contributed by atoms with van der Waals surface area (Å²) >= 11 is 0. The number of ketones is 1. The predicted molar refractivity (Wildman–Crippen MR) is 70.1 cm³/mol. The molecule has 3 rings (SSSR count). The number of hydrogen-bond donors (Lipinski definition) is 0. The minimum atomic E-state index is -0.0611. The fourth-order valence-corrected chi connectivity index (χ4v) is 2.96. The van der Waals surface area contributed by atoms with Gasteiger partial charge in [-0.3, -0.25) is 9.69 Å². The van der Waals surface area contributed by atoms with Gasteiger partial charge in [-0.15, -0.1) is 0 Å². The second-order valence-electron chi connectivity index (χ2n) is 5.40. The van der Waals surface area contributed by atoms with E-state index in [1.165, 1.54) is 19.8 Å². The van der Waals surface area contributed by atoms with Crippen molar-refractivity contribution >= 4 is 5.78 Å². The number of aromatic nitrogens is 2. The highest BCUT2D eigenvalue weighted by Gasteiger charge is 2.34. The van der Waals surface area contributed by atoms with Crippen LogP contribution in [0.2, 0.25) is 0 Å². The van der Waals surface area contributed by atoms with Crippen molar-refractivity contribution in [1.29, 1.82) is 0 Å². The fourth-order valence-electron chi connectivity index (χ4n) is 2.96. The molecule has 2 atom stereocenters. The standard InChI is InChI=1S/C14H19N3O2/c1-9-12(10(2)18)6-15-14(16-9)13-7-17-5-3-4-11(17)8-19-13/h6,11,13H,3-5,7-8H2,1-2H3. The lowest BCUT2D eigenvalue weighted by Crippen LogP contribution is -2.42. The van der Waals surface area contributed by atoms with E-state index >= 15 is 0 Å². The predicted octanol–water partition coefficient (Wildman–Crippen LogP) is 1.52. The van der Waals surface area contributed by atoms with Crippen LogP contribution in [0.25, 0.3) is 0 Å². The Labute approximate surface area is 113 Å². The third-order valence-corrected chi connectivity index (χ3v) is 4.05. The SMILES string of the molecule is CC(=O)c1cnc(C2CN3CCCC3CO2)nc1C. The van der Waals surface area contributed by atoms with E-state index in [0.717, 1.165) is 25.4 Å². The Bertz CT molecular complexity index is 503. The van der Waals surface area contributed by atoms with Crippen molar-refractivity contribution in [2.75, 3.05) is 19.7 Å². The quantitative estimate of drug-likeness (QED) is 0.756. The smallest absolute Gasteiger partial charge is 0.163 e. The lowest BCUT2D eigenvalue weighted by Gasteiger charge is -2.34. The summed E-state index contributed by atoms with van der Waals surface area (Å²) in [7, 11) is 0. The van der Waals surface area contributed by atoms with Gasteiger partial charge < -0.3 is 4.74 Å². The third kappa shape index (κ3) is 2.40. The van der Waals surface area contributed by atoms with Crippen LogP contribution in [0.3, 0.4) is 0 Å². The van der Waals surface area contributed by atoms with Crippen LogP contribution in [0.15, 0.2) is 6.20 Å². The maximum atomic E-state index is 11.4. The van der Waals surface area contributed by atoms with Crippen molar-refractivity contribution in [1.82, 2.24) is 14.9 Å². The lowest BCUT2D eigenvalue weighted by atomic mass is 10.1. The van der Waals surface area contributed by atoms with Crippen LogP contribution in [0.4, 0.5) is 0 Å². The van der Waals surface area contributed by atoms with Gasteiger partial charge >= 0.3 is 0 Å². The largest absolute Gasteiger partial charge is 0.367 e. The molecule has 2 fully saturated rings. The summed E-state index contributed by atoms with van der Waals surface area (Å²) in [6.45, 7) is 6.17. The Morgan fingerprint density at radius 3 is 3.11 bits per heavy atom. The summed E-state index contributed by atoms with van der Waals surface area (Å²) in [5.41, 5.74) is 1.34. The highest BCUT2D eigenvalue weighted by Crippen LogP contribution is 2.28. The first-order chi connectivity index (χ1) is 9.15. The fraction of sp³-hybridized carbons (Fsp3) is 0.643. The van der Waals surface area contributed by atoms with Crippen LogP contribution < -0.4 is 0 Å². The van der Waals surface area contributed by atoms with Gasteiger partial charge in [-0.1, -0.05) is 0 Å². The molecule has 0 saturated carbocycles. The van der Waals surface area contributed by atoms with Crippen LogP contribution in [-0.2, 0) is 4.74 Å². The zero-order valence-corrected chi connectivity index (χ0v) is 11.4. The molecule has 2 saturated heterocycles. The Morgan fingerprint density at radius 2 is 2.37 bits per heavy atom. The van der Waals surface area contributed by atoms with E-state index in [1.54, 1.807) is 6.20 Å². The molecule has 0 amide bonds. The molecular formula is C14H19N3O2. The number of Topliss-reactive ketones (excluding diaryl/α,β-unsaturated/α-hetero) is 1. The topological polar surface area (TPSA) is 55.3 Å². The first kappa shape index (κ1) is 12.7. The average molecular weight is 261 g/mol. The van der Waals surface area contributed by atoms with Crippen molar-refractivity contribution in [3.8, 4) is 0 Å². The van der Waals surface area contributed by atoms with Crippen molar-refractivity contribution in [3.63, 3.8) is 0 Å². The summed E-state index contributed by atoms with van der Waals surface area (Å²) in [5.74, 6) is 0.709. The molecule has 0 aliphatic carbocycles. The van der Waals surface area contributed by atoms with Gasteiger partial charge in [0.25, 0.3) is 0 Å². The van der Waals surface area contributed by atoms with Gasteiger partial charge in [-0.05, 0) is 33.2 Å². The summed E-state index contributed by atoms with van der Waals surface area (Å²) in [6.07, 6.45) is 4.05. The number of fused-ring (bicyclic) bond motifs is 1. The van der Waals surface area contributed by atoms with Crippen LogP contribution in [-0.4, -0.2) is 46.4 Å². The number of morpholine rings is 1. The number of carbonyl (C=O) groups is 1. The van der Waals surface area contributed by atoms with Gasteiger partial charge in [0.2, 0.25) is 0 Å². The van der Waals surface area contributed by atoms with E-state index in [1.807, 2.05) is 6.92 Å². The zero-order valence-electron chi connectivity index (χ0n) is 11.4. The number of rotatable bonds is 2. The molecule has 0 radical (unpaired) electrons. The molecule has 19 heavy (non-hydrogen) atoms. The Morgan fingerprint density at radius 1 is 1.53 bits per heavy atom. The van der Waals surface area contributed by atoms with E-state index in [9.17, 15) is 4.79 Å².